The van der Waals surface area contributed by atoms with E-state index in [1.165, 1.54) is 6.08 Å². The highest BCUT2D eigenvalue weighted by molar-refractivity contribution is 5.93. The van der Waals surface area contributed by atoms with Crippen LogP contribution in [0.15, 0.2) is 67.0 Å². The molecule has 1 unspecified atom stereocenters. The molecular weight excluding hydrogens is 534 g/mol. The first-order chi connectivity index (χ1) is 20.3. The first kappa shape index (κ1) is 28.1. The maximum Gasteiger partial charge on any atom is 0.267 e. The summed E-state index contributed by atoms with van der Waals surface area (Å²) in [4.78, 5) is 39.5. The van der Waals surface area contributed by atoms with Gasteiger partial charge in [-0.15, -0.1) is 0 Å². The van der Waals surface area contributed by atoms with Crippen molar-refractivity contribution in [3.05, 3.63) is 106 Å². The monoisotopic (exact) mass is 565 g/mol. The van der Waals surface area contributed by atoms with E-state index in [2.05, 4.69) is 21.0 Å². The molecule has 1 aliphatic rings. The predicted molar refractivity (Wildman–Crippen MR) is 159 cm³/mol. The van der Waals surface area contributed by atoms with Gasteiger partial charge in [-0.2, -0.15) is 4.98 Å². The molecule has 3 heterocycles. The molecule has 1 aliphatic heterocycles. The van der Waals surface area contributed by atoms with Gasteiger partial charge >= 0.3 is 0 Å². The molecule has 4 aromatic rings. The molecule has 214 valence electrons. The fourth-order valence-electron chi connectivity index (χ4n) is 5.20. The van der Waals surface area contributed by atoms with Crippen LogP contribution in [0.25, 0.3) is 6.08 Å². The topological polar surface area (TPSA) is 173 Å². The van der Waals surface area contributed by atoms with Crippen LogP contribution in [0.5, 0.6) is 11.5 Å². The van der Waals surface area contributed by atoms with E-state index in [1.807, 2.05) is 30.3 Å². The normalized spacial score (nSPS) is 14.4. The van der Waals surface area contributed by atoms with Gasteiger partial charge in [-0.25, -0.2) is 4.98 Å². The standard InChI is InChI=1S/C31H31N7O4/c1-41-25-15-18(14-22-17-36-31(34)37-29(22)32)13-20(28(25)42-2)8-10-26(39)38-12-11-19-5-3-4-6-23(19)27(38)21-7-9-24(30(33)40)35-16-21/h3-10,13,15-17,27H,11-12,14H2,1-2H3,(H2,33,40)(H4,32,34,36,37)/b10-8+. The van der Waals surface area contributed by atoms with Crippen LogP contribution in [0.1, 0.15) is 49.9 Å². The molecule has 2 amide bonds. The molecule has 6 N–H and O–H groups in total. The lowest BCUT2D eigenvalue weighted by Gasteiger charge is -2.37. The molecule has 0 spiro atoms. The number of hydrogen-bond donors (Lipinski definition) is 3. The number of pyridine rings is 1. The van der Waals surface area contributed by atoms with Gasteiger partial charge in [-0.1, -0.05) is 30.3 Å². The zero-order valence-corrected chi connectivity index (χ0v) is 23.3. The number of carbonyl (C=O) groups is 2. The second kappa shape index (κ2) is 12.0. The summed E-state index contributed by atoms with van der Waals surface area (Å²) in [6.45, 7) is 0.499. The van der Waals surface area contributed by atoms with E-state index >= 15 is 0 Å². The van der Waals surface area contributed by atoms with Crippen molar-refractivity contribution in [2.45, 2.75) is 18.9 Å². The number of anilines is 2. The molecule has 0 fully saturated rings. The summed E-state index contributed by atoms with van der Waals surface area (Å²) in [7, 11) is 3.09. The number of primary amides is 1. The third kappa shape index (κ3) is 5.71. The maximum absolute atomic E-state index is 13.8. The van der Waals surface area contributed by atoms with Gasteiger partial charge in [0, 0.05) is 42.6 Å². The van der Waals surface area contributed by atoms with E-state index in [0.717, 1.165) is 22.3 Å². The van der Waals surface area contributed by atoms with Crippen molar-refractivity contribution in [3.63, 3.8) is 0 Å². The Labute approximate surface area is 243 Å². The van der Waals surface area contributed by atoms with Crippen molar-refractivity contribution in [1.29, 1.82) is 0 Å². The van der Waals surface area contributed by atoms with Crippen molar-refractivity contribution in [1.82, 2.24) is 19.9 Å². The number of rotatable bonds is 8. The number of amides is 2. The smallest absolute Gasteiger partial charge is 0.267 e. The highest BCUT2D eigenvalue weighted by atomic mass is 16.5. The molecule has 11 nitrogen and oxygen atoms in total. The van der Waals surface area contributed by atoms with E-state index < -0.39 is 11.9 Å². The Morgan fingerprint density at radius 2 is 1.86 bits per heavy atom. The molecule has 0 aliphatic carbocycles. The third-order valence-electron chi connectivity index (χ3n) is 7.21. The Kier molecular flexibility index (Phi) is 8.00. The van der Waals surface area contributed by atoms with Gasteiger partial charge < -0.3 is 31.6 Å². The van der Waals surface area contributed by atoms with Crippen LogP contribution in [0.4, 0.5) is 11.8 Å². The third-order valence-corrected chi connectivity index (χ3v) is 7.21. The fourth-order valence-corrected chi connectivity index (χ4v) is 5.20. The Morgan fingerprint density at radius 1 is 1.05 bits per heavy atom. The molecule has 0 bridgehead atoms. The maximum atomic E-state index is 13.8. The van der Waals surface area contributed by atoms with E-state index in [1.54, 1.807) is 49.7 Å². The number of ether oxygens (including phenoxy) is 2. The molecule has 11 heteroatoms. The SMILES string of the molecule is COc1cc(Cc2cnc(N)nc2N)cc(/C=C/C(=O)N2CCc3ccccc3C2c2ccc(C(N)=O)nc2)c1OC. The van der Waals surface area contributed by atoms with Crippen molar-refractivity contribution >= 4 is 29.7 Å². The largest absolute Gasteiger partial charge is 0.493 e. The Balaban J connectivity index is 1.48. The van der Waals surface area contributed by atoms with Gasteiger partial charge in [0.15, 0.2) is 11.5 Å². The molecule has 0 radical (unpaired) electrons. The average Bonchev–Trinajstić information content (AvgIpc) is 3.00. The second-order valence-electron chi connectivity index (χ2n) is 9.79. The van der Waals surface area contributed by atoms with E-state index in [9.17, 15) is 9.59 Å². The lowest BCUT2D eigenvalue weighted by atomic mass is 9.88. The Morgan fingerprint density at radius 3 is 2.55 bits per heavy atom. The molecule has 5 rings (SSSR count). The number of fused-ring (bicyclic) bond motifs is 1. The van der Waals surface area contributed by atoms with Crippen LogP contribution in [-0.2, 0) is 17.6 Å². The van der Waals surface area contributed by atoms with Gasteiger partial charge in [0.05, 0.1) is 20.3 Å². The van der Waals surface area contributed by atoms with E-state index in [0.29, 0.717) is 47.8 Å². The summed E-state index contributed by atoms with van der Waals surface area (Å²) < 4.78 is 11.2. The predicted octanol–water partition coefficient (Wildman–Crippen LogP) is 2.93. The van der Waals surface area contributed by atoms with E-state index in [-0.39, 0.29) is 17.5 Å². The Bertz CT molecular complexity index is 1670. The van der Waals surface area contributed by atoms with Crippen LogP contribution < -0.4 is 26.7 Å². The van der Waals surface area contributed by atoms with Crippen LogP contribution >= 0.6 is 0 Å². The summed E-state index contributed by atoms with van der Waals surface area (Å²) in [5, 5.41) is 0. The molecule has 42 heavy (non-hydrogen) atoms. The number of nitrogen functional groups attached to an aromatic ring is 2. The summed E-state index contributed by atoms with van der Waals surface area (Å²) in [6, 6.07) is 14.7. The highest BCUT2D eigenvalue weighted by Gasteiger charge is 2.31. The van der Waals surface area contributed by atoms with Gasteiger partial charge in [0.25, 0.3) is 5.91 Å². The van der Waals surface area contributed by atoms with Crippen molar-refractivity contribution < 1.29 is 19.1 Å². The Hall–Kier alpha value is -5.45. The summed E-state index contributed by atoms with van der Waals surface area (Å²) in [5.74, 6) is 0.569. The average molecular weight is 566 g/mol. The molecule has 0 saturated carbocycles. The van der Waals surface area contributed by atoms with Gasteiger partial charge in [-0.05, 0) is 52.9 Å². The summed E-state index contributed by atoms with van der Waals surface area (Å²) in [6.07, 6.45) is 7.54. The minimum absolute atomic E-state index is 0.101. The number of aromatic nitrogens is 3. The highest BCUT2D eigenvalue weighted by Crippen LogP contribution is 2.37. The van der Waals surface area contributed by atoms with E-state index in [4.69, 9.17) is 26.7 Å². The molecule has 0 saturated heterocycles. The van der Waals surface area contributed by atoms with Crippen LogP contribution in [0.3, 0.4) is 0 Å². The number of carbonyl (C=O) groups excluding carboxylic acids is 2. The van der Waals surface area contributed by atoms with Crippen LogP contribution in [0, 0.1) is 0 Å². The minimum atomic E-state index is -0.611. The van der Waals surface area contributed by atoms with Crippen molar-refractivity contribution in [2.75, 3.05) is 32.2 Å². The second-order valence-corrected chi connectivity index (χ2v) is 9.79. The zero-order valence-electron chi connectivity index (χ0n) is 23.3. The first-order valence-corrected chi connectivity index (χ1v) is 13.2. The number of methoxy groups -OCH3 is 2. The fraction of sp³-hybridized carbons (Fsp3) is 0.194. The molecule has 2 aromatic heterocycles. The zero-order chi connectivity index (χ0) is 29.8. The quantitative estimate of drug-likeness (QED) is 0.272. The summed E-state index contributed by atoms with van der Waals surface area (Å²) in [5.41, 5.74) is 22.4. The minimum Gasteiger partial charge on any atom is -0.493 e. The van der Waals surface area contributed by atoms with Crippen molar-refractivity contribution in [2.24, 2.45) is 5.73 Å². The van der Waals surface area contributed by atoms with Crippen LogP contribution in [0.2, 0.25) is 0 Å². The van der Waals surface area contributed by atoms with Gasteiger partial charge in [0.2, 0.25) is 11.9 Å². The van der Waals surface area contributed by atoms with Gasteiger partial charge in [-0.3, -0.25) is 14.6 Å². The van der Waals surface area contributed by atoms with Crippen molar-refractivity contribution in [3.8, 4) is 11.5 Å². The lowest BCUT2D eigenvalue weighted by molar-refractivity contribution is -0.127. The number of nitrogens with two attached hydrogens (primary N) is 3. The molecule has 1 atom stereocenters. The number of benzene rings is 2. The molecule has 2 aromatic carbocycles. The first-order valence-electron chi connectivity index (χ1n) is 13.2. The molecular formula is C31H31N7O4. The number of hydrogen-bond acceptors (Lipinski definition) is 9. The number of nitrogens with zero attached hydrogens (tertiary/aromatic N) is 4. The van der Waals surface area contributed by atoms with Gasteiger partial charge in [0.1, 0.15) is 11.5 Å². The lowest BCUT2D eigenvalue weighted by Crippen LogP contribution is -2.39. The van der Waals surface area contributed by atoms with Crippen LogP contribution in [-0.4, -0.2) is 52.4 Å². The summed E-state index contributed by atoms with van der Waals surface area (Å²) >= 11 is 0.